The summed E-state index contributed by atoms with van der Waals surface area (Å²) in [4.78, 5) is 21.2. The monoisotopic (exact) mass is 876 g/mol. The normalized spacial score (nSPS) is 12.0. The van der Waals surface area contributed by atoms with Gasteiger partial charge in [-0.2, -0.15) is 0 Å². The highest BCUT2D eigenvalue weighted by atomic mass is 35.6. The van der Waals surface area contributed by atoms with Crippen LogP contribution >= 0.6 is 91.2 Å². The molecule has 0 saturated heterocycles. The number of hydrogen-bond acceptors (Lipinski definition) is 6. The lowest BCUT2D eigenvalue weighted by atomic mass is 10.00. The van der Waals surface area contributed by atoms with Crippen LogP contribution in [0, 0.1) is 20.2 Å². The Balaban J connectivity index is 1.32. The molecule has 0 fully saturated rings. The number of non-ortho nitro benzene ring substituents is 2. The van der Waals surface area contributed by atoms with Gasteiger partial charge >= 0.3 is 0 Å². The van der Waals surface area contributed by atoms with Crippen LogP contribution in [0.25, 0.3) is 0 Å². The first-order chi connectivity index (χ1) is 24.8. The molecule has 0 spiro atoms. The van der Waals surface area contributed by atoms with Crippen molar-refractivity contribution in [2.45, 2.75) is 149 Å². The van der Waals surface area contributed by atoms with Gasteiger partial charge in [0.25, 0.3) is 11.4 Å². The summed E-state index contributed by atoms with van der Waals surface area (Å²) in [5.74, 6) is 2.50. The number of nitro benzene ring substituents is 2. The molecule has 0 atom stereocenters. The molecule has 0 aliphatic rings. The van der Waals surface area contributed by atoms with Gasteiger partial charge in [0.05, 0.1) is 9.85 Å². The zero-order chi connectivity index (χ0) is 38.2. The summed E-state index contributed by atoms with van der Waals surface area (Å²) in [6.45, 7) is 0. The number of benzene rings is 2. The maximum absolute atomic E-state index is 11.1. The number of nitro groups is 2. The molecule has 0 amide bonds. The Kier molecular flexibility index (Phi) is 25.1. The lowest BCUT2D eigenvalue weighted by molar-refractivity contribution is -0.385. The minimum Gasteiger partial charge on any atom is -0.258 e. The van der Waals surface area contributed by atoms with Crippen molar-refractivity contribution in [3.8, 4) is 0 Å². The average Bonchev–Trinajstić information content (AvgIpc) is 3.08. The van der Waals surface area contributed by atoms with Crippen LogP contribution in [0.15, 0.2) is 36.4 Å². The minimum absolute atomic E-state index is 0.0590. The Morgan fingerprint density at radius 1 is 0.442 bits per heavy atom. The quantitative estimate of drug-likeness (QED) is 0.0266. The maximum Gasteiger partial charge on any atom is 0.269 e. The van der Waals surface area contributed by atoms with E-state index in [1.807, 2.05) is 21.6 Å². The summed E-state index contributed by atoms with van der Waals surface area (Å²) in [5, 5.41) is 22.2. The van der Waals surface area contributed by atoms with Crippen LogP contribution in [0.4, 0.5) is 11.4 Å². The molecule has 0 aliphatic carbocycles. The fourth-order valence-corrected chi connectivity index (χ4v) is 9.57. The van der Waals surface area contributed by atoms with E-state index in [0.717, 1.165) is 49.7 Å². The maximum atomic E-state index is 11.1. The van der Waals surface area contributed by atoms with Crippen LogP contribution in [-0.4, -0.2) is 21.4 Å². The van der Waals surface area contributed by atoms with E-state index in [1.54, 1.807) is 12.1 Å². The minimum atomic E-state index is -1.67. The second-order valence-corrected chi connectivity index (χ2v) is 20.7. The first kappa shape index (κ1) is 47.8. The van der Waals surface area contributed by atoms with Gasteiger partial charge < -0.3 is 0 Å². The summed E-state index contributed by atoms with van der Waals surface area (Å²) in [6.07, 6.45) is 26.2. The van der Waals surface area contributed by atoms with Crippen LogP contribution in [-0.2, 0) is 20.4 Å². The third kappa shape index (κ3) is 21.1. The van der Waals surface area contributed by atoms with Gasteiger partial charge in [0.15, 0.2) is 0 Å². The number of nitrogens with zero attached hydrogens (tertiary/aromatic N) is 2. The van der Waals surface area contributed by atoms with E-state index >= 15 is 0 Å². The van der Waals surface area contributed by atoms with Crippen molar-refractivity contribution in [3.05, 3.63) is 78.9 Å². The highest BCUT2D eigenvalue weighted by Gasteiger charge is 2.29. The molecule has 2 aromatic rings. The summed E-state index contributed by atoms with van der Waals surface area (Å²) in [6, 6.07) is 9.14. The van der Waals surface area contributed by atoms with Crippen LogP contribution in [0.2, 0.25) is 0 Å². The second-order valence-electron chi connectivity index (χ2n) is 13.4. The van der Waals surface area contributed by atoms with E-state index < -0.39 is 17.4 Å². The molecule has 52 heavy (non-hydrogen) atoms. The lowest BCUT2D eigenvalue weighted by Gasteiger charge is -2.16. The van der Waals surface area contributed by atoms with Crippen molar-refractivity contribution in [1.82, 2.24) is 0 Å². The molecule has 0 heterocycles. The Morgan fingerprint density at radius 3 is 0.981 bits per heavy atom. The van der Waals surface area contributed by atoms with E-state index in [0.29, 0.717) is 11.1 Å². The highest BCUT2D eigenvalue weighted by molar-refractivity contribution is 8.76. The molecule has 0 radical (unpaired) electrons. The van der Waals surface area contributed by atoms with Gasteiger partial charge in [0.2, 0.25) is 7.59 Å². The SMILES string of the molecule is O=[N+]([O-])c1ccc(CCCCCCCCCCCCSSCCCCCCCCCCCCc2ccc([N+](=O)[O-])cc2C(Cl)(Cl)Cl)c(C(Cl)(Cl)Cl)c1. The molecule has 0 saturated carbocycles. The fraction of sp³-hybridized carbons (Fsp3) is 0.684. The summed E-state index contributed by atoms with van der Waals surface area (Å²) in [5.41, 5.74) is 2.43. The van der Waals surface area contributed by atoms with E-state index in [9.17, 15) is 20.2 Å². The molecule has 0 aliphatic heterocycles. The number of hydrogen-bond donors (Lipinski definition) is 0. The Morgan fingerprint density at radius 2 is 0.712 bits per heavy atom. The van der Waals surface area contributed by atoms with Crippen LogP contribution in [0.3, 0.4) is 0 Å². The van der Waals surface area contributed by atoms with Gasteiger partial charge in [-0.05, 0) is 49.7 Å². The third-order valence-electron chi connectivity index (χ3n) is 9.15. The first-order valence-electron chi connectivity index (χ1n) is 18.7. The molecule has 0 unspecified atom stereocenters. The average molecular weight is 880 g/mol. The molecule has 294 valence electrons. The molecule has 6 nitrogen and oxygen atoms in total. The van der Waals surface area contributed by atoms with Crippen LogP contribution < -0.4 is 0 Å². The fourth-order valence-electron chi connectivity index (χ4n) is 6.22. The zero-order valence-electron chi connectivity index (χ0n) is 30.0. The molecule has 2 aromatic carbocycles. The summed E-state index contributed by atoms with van der Waals surface area (Å²) < 4.78 is -3.34. The van der Waals surface area contributed by atoms with Gasteiger partial charge in [-0.3, -0.25) is 20.2 Å². The van der Waals surface area contributed by atoms with Crippen molar-refractivity contribution in [2.75, 3.05) is 11.5 Å². The Labute approximate surface area is 349 Å². The molecule has 2 rings (SSSR count). The summed E-state index contributed by atoms with van der Waals surface area (Å²) in [7, 11) is 4.07. The van der Waals surface area contributed by atoms with Crippen molar-refractivity contribution in [2.24, 2.45) is 0 Å². The van der Waals surface area contributed by atoms with Crippen LogP contribution in [0.1, 0.15) is 151 Å². The lowest BCUT2D eigenvalue weighted by Crippen LogP contribution is -2.06. The molecule has 0 aromatic heterocycles. The molecule has 0 N–H and O–H groups in total. The van der Waals surface area contributed by atoms with Gasteiger partial charge in [-0.25, -0.2) is 0 Å². The number of rotatable bonds is 29. The predicted molar refractivity (Wildman–Crippen MR) is 229 cm³/mol. The number of unbranched alkanes of at least 4 members (excludes halogenated alkanes) is 18. The molecule has 0 bridgehead atoms. The smallest absolute Gasteiger partial charge is 0.258 e. The first-order valence-corrected chi connectivity index (χ1v) is 23.5. The number of aryl methyl sites for hydroxylation is 2. The van der Waals surface area contributed by atoms with Crippen LogP contribution in [0.5, 0.6) is 0 Å². The second kappa shape index (κ2) is 27.3. The Bertz CT molecular complexity index is 1230. The van der Waals surface area contributed by atoms with Crippen molar-refractivity contribution in [1.29, 1.82) is 0 Å². The molecular formula is C38H54Cl6N2O4S2. The van der Waals surface area contributed by atoms with Gasteiger partial charge in [-0.15, -0.1) is 0 Å². The number of alkyl halides is 6. The van der Waals surface area contributed by atoms with E-state index in [2.05, 4.69) is 0 Å². The van der Waals surface area contributed by atoms with Crippen molar-refractivity contribution in [3.63, 3.8) is 0 Å². The van der Waals surface area contributed by atoms with E-state index in [1.165, 1.54) is 139 Å². The molecular weight excluding hydrogens is 825 g/mol. The Hall–Kier alpha value is -0.320. The topological polar surface area (TPSA) is 86.3 Å². The van der Waals surface area contributed by atoms with Gasteiger partial charge in [-0.1, -0.05) is 206 Å². The number of halogens is 6. The van der Waals surface area contributed by atoms with E-state index in [-0.39, 0.29) is 11.4 Å². The predicted octanol–water partition coefficient (Wildman–Crippen LogP) is 16.1. The van der Waals surface area contributed by atoms with E-state index in [4.69, 9.17) is 69.6 Å². The third-order valence-corrected chi connectivity index (χ3v) is 12.9. The summed E-state index contributed by atoms with van der Waals surface area (Å²) >= 11 is 36.4. The van der Waals surface area contributed by atoms with Crippen molar-refractivity contribution < 1.29 is 9.85 Å². The van der Waals surface area contributed by atoms with Gasteiger partial charge in [0.1, 0.15) is 0 Å². The van der Waals surface area contributed by atoms with Gasteiger partial charge in [0, 0.05) is 46.9 Å². The largest absolute Gasteiger partial charge is 0.269 e. The highest BCUT2D eigenvalue weighted by Crippen LogP contribution is 2.43. The van der Waals surface area contributed by atoms with Crippen molar-refractivity contribution >= 4 is 103 Å². The zero-order valence-corrected chi connectivity index (χ0v) is 36.2. The molecule has 14 heteroatoms. The standard InChI is InChI=1S/C38H54Cl6N2O4S2/c39-37(40,41)35-29-33(45(47)48)25-23-31(35)21-17-13-9-5-1-3-7-11-15-19-27-51-52-28-20-16-12-8-4-2-6-10-14-18-22-32-24-26-34(46(49)50)30-36(32)38(42,43)44/h23-26,29-30H,1-22,27-28H2.